The summed E-state index contributed by atoms with van der Waals surface area (Å²) in [6.45, 7) is -0.0556. The number of nitrogens with zero attached hydrogens (tertiary/aromatic N) is 6. The molecule has 0 aliphatic carbocycles. The number of rotatable bonds is 6. The molecule has 2 aromatic heterocycles. The highest BCUT2D eigenvalue weighted by atomic mass is 32.2. The van der Waals surface area contributed by atoms with Gasteiger partial charge >= 0.3 is 0 Å². The Morgan fingerprint density at radius 1 is 1.12 bits per heavy atom. The van der Waals surface area contributed by atoms with Gasteiger partial charge in [0.05, 0.1) is 4.90 Å². The standard InChI is InChI=1S/C13H12N8O3S/c22-12(8-21-9-16-19-20-21)17-10-2-4-11(5-3-10)25(23,24)18-13-14-6-1-7-15-13/h1-7,9H,8H2,(H,17,22)(H,14,15,18). The number of tetrazole rings is 1. The number of amides is 1. The van der Waals surface area contributed by atoms with Crippen LogP contribution in [0.3, 0.4) is 0 Å². The van der Waals surface area contributed by atoms with E-state index in [1.54, 1.807) is 6.07 Å². The largest absolute Gasteiger partial charge is 0.324 e. The Morgan fingerprint density at radius 3 is 2.48 bits per heavy atom. The van der Waals surface area contributed by atoms with Crippen LogP contribution in [0.2, 0.25) is 0 Å². The lowest BCUT2D eigenvalue weighted by Crippen LogP contribution is -2.19. The highest BCUT2D eigenvalue weighted by molar-refractivity contribution is 7.92. The zero-order chi connectivity index (χ0) is 17.7. The Kier molecular flexibility index (Phi) is 4.61. The van der Waals surface area contributed by atoms with Gasteiger partial charge < -0.3 is 5.32 Å². The number of nitrogens with one attached hydrogen (secondary N) is 2. The summed E-state index contributed by atoms with van der Waals surface area (Å²) in [5, 5.41) is 13.0. The van der Waals surface area contributed by atoms with Gasteiger partial charge in [0.2, 0.25) is 11.9 Å². The van der Waals surface area contributed by atoms with Crippen molar-refractivity contribution in [1.29, 1.82) is 0 Å². The van der Waals surface area contributed by atoms with Gasteiger partial charge in [-0.2, -0.15) is 0 Å². The molecular weight excluding hydrogens is 348 g/mol. The second kappa shape index (κ2) is 7.00. The molecule has 3 rings (SSSR count). The normalized spacial score (nSPS) is 11.0. The number of sulfonamides is 1. The van der Waals surface area contributed by atoms with E-state index in [9.17, 15) is 13.2 Å². The van der Waals surface area contributed by atoms with E-state index in [-0.39, 0.29) is 23.3 Å². The number of hydrogen-bond acceptors (Lipinski definition) is 8. The van der Waals surface area contributed by atoms with E-state index in [4.69, 9.17) is 0 Å². The maximum absolute atomic E-state index is 12.2. The summed E-state index contributed by atoms with van der Waals surface area (Å²) in [6, 6.07) is 7.23. The fraction of sp³-hybridized carbons (Fsp3) is 0.0769. The molecule has 128 valence electrons. The van der Waals surface area contributed by atoms with Gasteiger partial charge in [0.1, 0.15) is 12.9 Å². The first-order chi connectivity index (χ1) is 12.0. The molecule has 0 unspecified atom stereocenters. The molecule has 12 heteroatoms. The molecule has 1 amide bonds. The second-order valence-electron chi connectivity index (χ2n) is 4.76. The molecule has 0 saturated heterocycles. The molecule has 0 saturated carbocycles. The monoisotopic (exact) mass is 360 g/mol. The number of benzene rings is 1. The molecule has 0 radical (unpaired) electrons. The molecule has 0 fully saturated rings. The van der Waals surface area contributed by atoms with Crippen molar-refractivity contribution >= 4 is 27.6 Å². The summed E-state index contributed by atoms with van der Waals surface area (Å²) in [5.74, 6) is -0.375. The Bertz CT molecular complexity index is 943. The van der Waals surface area contributed by atoms with E-state index in [1.165, 1.54) is 47.7 Å². The minimum absolute atomic E-state index is 0.0124. The van der Waals surface area contributed by atoms with E-state index in [0.717, 1.165) is 0 Å². The number of aromatic nitrogens is 6. The summed E-state index contributed by atoms with van der Waals surface area (Å²) in [6.07, 6.45) is 4.16. The van der Waals surface area contributed by atoms with Crippen molar-refractivity contribution in [2.45, 2.75) is 11.4 Å². The van der Waals surface area contributed by atoms with Crippen LogP contribution in [0.25, 0.3) is 0 Å². The molecule has 2 N–H and O–H groups in total. The fourth-order valence-electron chi connectivity index (χ4n) is 1.85. The van der Waals surface area contributed by atoms with Crippen molar-refractivity contribution < 1.29 is 13.2 Å². The zero-order valence-corrected chi connectivity index (χ0v) is 13.5. The minimum atomic E-state index is -3.82. The number of carbonyl (C=O) groups is 1. The quantitative estimate of drug-likeness (QED) is 0.620. The summed E-state index contributed by atoms with van der Waals surface area (Å²) < 4.78 is 28.0. The van der Waals surface area contributed by atoms with Crippen LogP contribution in [0.15, 0.2) is 53.9 Å². The summed E-state index contributed by atoms with van der Waals surface area (Å²) in [7, 11) is -3.82. The van der Waals surface area contributed by atoms with Crippen molar-refractivity contribution in [3.8, 4) is 0 Å². The van der Waals surface area contributed by atoms with Gasteiger partial charge in [0.15, 0.2) is 0 Å². The van der Waals surface area contributed by atoms with Gasteiger partial charge in [-0.05, 0) is 40.8 Å². The van der Waals surface area contributed by atoms with Gasteiger partial charge in [0, 0.05) is 18.1 Å². The maximum atomic E-state index is 12.2. The van der Waals surface area contributed by atoms with E-state index >= 15 is 0 Å². The number of anilines is 2. The number of carbonyl (C=O) groups excluding carboxylic acids is 1. The van der Waals surface area contributed by atoms with Crippen molar-refractivity contribution in [1.82, 2.24) is 30.2 Å². The summed E-state index contributed by atoms with van der Waals surface area (Å²) in [5.41, 5.74) is 0.438. The highest BCUT2D eigenvalue weighted by Crippen LogP contribution is 2.16. The molecule has 0 atom stereocenters. The molecule has 0 spiro atoms. The maximum Gasteiger partial charge on any atom is 0.264 e. The molecule has 3 aromatic rings. The molecule has 0 aliphatic rings. The van der Waals surface area contributed by atoms with Crippen LogP contribution >= 0.6 is 0 Å². The first-order valence-corrected chi connectivity index (χ1v) is 8.42. The molecule has 25 heavy (non-hydrogen) atoms. The van der Waals surface area contributed by atoms with Crippen LogP contribution in [-0.4, -0.2) is 44.5 Å². The van der Waals surface area contributed by atoms with Crippen molar-refractivity contribution in [3.63, 3.8) is 0 Å². The minimum Gasteiger partial charge on any atom is -0.324 e. The van der Waals surface area contributed by atoms with Crippen LogP contribution in [-0.2, 0) is 21.4 Å². The Hall–Kier alpha value is -3.41. The van der Waals surface area contributed by atoms with Gasteiger partial charge in [0.25, 0.3) is 10.0 Å². The SMILES string of the molecule is O=C(Cn1cnnn1)Nc1ccc(S(=O)(=O)Nc2ncccn2)cc1. The van der Waals surface area contributed by atoms with E-state index in [1.807, 2.05) is 0 Å². The fourth-order valence-corrected chi connectivity index (χ4v) is 2.81. The molecule has 0 aliphatic heterocycles. The molecular formula is C13H12N8O3S. The molecule has 0 bridgehead atoms. The molecule has 2 heterocycles. The molecule has 1 aromatic carbocycles. The average molecular weight is 360 g/mol. The van der Waals surface area contributed by atoms with Gasteiger partial charge in [-0.1, -0.05) is 0 Å². The van der Waals surface area contributed by atoms with E-state index in [2.05, 4.69) is 35.5 Å². The molecule has 11 nitrogen and oxygen atoms in total. The Labute approximate surface area is 142 Å². The first kappa shape index (κ1) is 16.4. The van der Waals surface area contributed by atoms with Gasteiger partial charge in [-0.25, -0.2) is 27.8 Å². The highest BCUT2D eigenvalue weighted by Gasteiger charge is 2.15. The smallest absolute Gasteiger partial charge is 0.264 e. The van der Waals surface area contributed by atoms with Gasteiger partial charge in [-0.3, -0.25) is 4.79 Å². The van der Waals surface area contributed by atoms with Crippen molar-refractivity contribution in [2.24, 2.45) is 0 Å². The Morgan fingerprint density at radius 2 is 1.84 bits per heavy atom. The summed E-state index contributed by atoms with van der Waals surface area (Å²) in [4.78, 5) is 19.5. The number of hydrogen-bond donors (Lipinski definition) is 2. The zero-order valence-electron chi connectivity index (χ0n) is 12.6. The predicted molar refractivity (Wildman–Crippen MR) is 85.7 cm³/mol. The predicted octanol–water partition coefficient (Wildman–Crippen LogP) is -0.0974. The van der Waals surface area contributed by atoms with Crippen molar-refractivity contribution in [3.05, 3.63) is 49.1 Å². The topological polar surface area (TPSA) is 145 Å². The third-order valence-electron chi connectivity index (χ3n) is 2.94. The third kappa shape index (κ3) is 4.32. The van der Waals surface area contributed by atoms with Crippen molar-refractivity contribution in [2.75, 3.05) is 10.0 Å². The van der Waals surface area contributed by atoms with Crippen LogP contribution in [0.4, 0.5) is 11.6 Å². The van der Waals surface area contributed by atoms with Crippen LogP contribution in [0.1, 0.15) is 0 Å². The lowest BCUT2D eigenvalue weighted by molar-refractivity contribution is -0.116. The summed E-state index contributed by atoms with van der Waals surface area (Å²) >= 11 is 0. The first-order valence-electron chi connectivity index (χ1n) is 6.93. The average Bonchev–Trinajstić information content (AvgIpc) is 3.08. The lowest BCUT2D eigenvalue weighted by atomic mass is 10.3. The lowest BCUT2D eigenvalue weighted by Gasteiger charge is -2.08. The van der Waals surface area contributed by atoms with E-state index in [0.29, 0.717) is 5.69 Å². The van der Waals surface area contributed by atoms with E-state index < -0.39 is 10.0 Å². The van der Waals surface area contributed by atoms with Gasteiger partial charge in [-0.15, -0.1) is 5.10 Å². The van der Waals surface area contributed by atoms with Crippen LogP contribution < -0.4 is 10.0 Å². The Balaban J connectivity index is 1.66. The van der Waals surface area contributed by atoms with Crippen LogP contribution in [0, 0.1) is 0 Å². The second-order valence-corrected chi connectivity index (χ2v) is 6.44. The van der Waals surface area contributed by atoms with Crippen LogP contribution in [0.5, 0.6) is 0 Å². The third-order valence-corrected chi connectivity index (χ3v) is 4.28.